The highest BCUT2D eigenvalue weighted by Crippen LogP contribution is 2.44. The lowest BCUT2D eigenvalue weighted by atomic mass is 9.98. The molecule has 122 valence electrons. The van der Waals surface area contributed by atoms with E-state index in [1.807, 2.05) is 24.3 Å². The van der Waals surface area contributed by atoms with E-state index >= 15 is 0 Å². The average molecular weight is 323 g/mol. The summed E-state index contributed by atoms with van der Waals surface area (Å²) in [6, 6.07) is 16.2. The summed E-state index contributed by atoms with van der Waals surface area (Å²) in [6.45, 7) is -0.451. The number of hydrogen-bond donors (Lipinski definition) is 0. The first-order chi connectivity index (χ1) is 11.8. The molecule has 2 aromatic rings. The molecule has 24 heavy (non-hydrogen) atoms. The van der Waals surface area contributed by atoms with E-state index in [2.05, 4.69) is 30.2 Å². The largest absolute Gasteiger partial charge is 0.448 e. The van der Waals surface area contributed by atoms with Crippen molar-refractivity contribution in [1.29, 1.82) is 0 Å². The molecule has 0 spiro atoms. The second-order valence-electron chi connectivity index (χ2n) is 5.62. The number of benzene rings is 2. The summed E-state index contributed by atoms with van der Waals surface area (Å²) in [5, 5.41) is 0. The number of carbonyl (C=O) groups is 1. The number of carbonyl (C=O) groups excluding carboxylic acids is 1. The summed E-state index contributed by atoms with van der Waals surface area (Å²) in [4.78, 5) is 13.3. The second-order valence-corrected chi connectivity index (χ2v) is 5.62. The van der Waals surface area contributed by atoms with Crippen molar-refractivity contribution < 1.29 is 13.9 Å². The molecule has 1 aliphatic carbocycles. The van der Waals surface area contributed by atoms with Gasteiger partial charge in [-0.05, 0) is 22.3 Å². The molecule has 0 atom stereocenters. The monoisotopic (exact) mass is 323 g/mol. The highest BCUT2D eigenvalue weighted by Gasteiger charge is 2.29. The lowest BCUT2D eigenvalue weighted by Crippen LogP contribution is -2.34. The predicted molar refractivity (Wildman–Crippen MR) is 91.5 cm³/mol. The summed E-state index contributed by atoms with van der Waals surface area (Å²) in [5.41, 5.74) is 4.61. The van der Waals surface area contributed by atoms with E-state index in [1.54, 1.807) is 0 Å². The van der Waals surface area contributed by atoms with Crippen molar-refractivity contribution in [3.8, 4) is 23.5 Å². The number of alkyl halides is 1. The second kappa shape index (κ2) is 7.18. The summed E-state index contributed by atoms with van der Waals surface area (Å²) in [5.74, 6) is 2.34. The topological polar surface area (TPSA) is 29.5 Å². The van der Waals surface area contributed by atoms with Gasteiger partial charge in [-0.1, -0.05) is 54.5 Å². The Labute approximate surface area is 141 Å². The summed E-state index contributed by atoms with van der Waals surface area (Å²) >= 11 is 0. The number of ether oxygens (including phenoxy) is 1. The molecule has 1 amide bonds. The molecule has 0 saturated carbocycles. The van der Waals surface area contributed by atoms with Crippen molar-refractivity contribution in [2.45, 2.75) is 5.92 Å². The zero-order valence-electron chi connectivity index (χ0n) is 13.2. The average Bonchev–Trinajstić information content (AvgIpc) is 2.93. The SMILES string of the molecule is C#CCN(CCF)C(=O)OCC1c2ccccc2-c2ccccc21. The first kappa shape index (κ1) is 16.1. The number of nitrogens with zero attached hydrogens (tertiary/aromatic N) is 1. The molecule has 4 heteroatoms. The van der Waals surface area contributed by atoms with Crippen LogP contribution in [-0.4, -0.2) is 37.4 Å². The number of hydrogen-bond acceptors (Lipinski definition) is 2. The Morgan fingerprint density at radius 1 is 1.12 bits per heavy atom. The zero-order valence-corrected chi connectivity index (χ0v) is 13.2. The number of rotatable bonds is 5. The molecule has 0 unspecified atom stereocenters. The van der Waals surface area contributed by atoms with Crippen molar-refractivity contribution in [3.63, 3.8) is 0 Å². The third-order valence-electron chi connectivity index (χ3n) is 4.23. The Bertz CT molecular complexity index is 736. The molecule has 0 fully saturated rings. The van der Waals surface area contributed by atoms with Gasteiger partial charge >= 0.3 is 6.09 Å². The molecule has 0 N–H and O–H groups in total. The van der Waals surface area contributed by atoms with Crippen LogP contribution in [0.25, 0.3) is 11.1 Å². The molecule has 2 aromatic carbocycles. The third-order valence-corrected chi connectivity index (χ3v) is 4.23. The van der Waals surface area contributed by atoms with E-state index in [0.29, 0.717) is 0 Å². The first-order valence-electron chi connectivity index (χ1n) is 7.85. The lowest BCUT2D eigenvalue weighted by molar-refractivity contribution is 0.102. The van der Waals surface area contributed by atoms with E-state index in [9.17, 15) is 9.18 Å². The Balaban J connectivity index is 1.78. The molecule has 0 saturated heterocycles. The molecule has 0 heterocycles. The van der Waals surface area contributed by atoms with Gasteiger partial charge in [-0.25, -0.2) is 9.18 Å². The van der Waals surface area contributed by atoms with Gasteiger partial charge in [0.2, 0.25) is 0 Å². The number of fused-ring (bicyclic) bond motifs is 3. The maximum atomic E-state index is 12.5. The summed E-state index contributed by atoms with van der Waals surface area (Å²) in [6.07, 6.45) is 4.64. The third kappa shape index (κ3) is 2.98. The van der Waals surface area contributed by atoms with Gasteiger partial charge in [-0.15, -0.1) is 6.42 Å². The van der Waals surface area contributed by atoms with Crippen LogP contribution >= 0.6 is 0 Å². The molecular weight excluding hydrogens is 305 g/mol. The van der Waals surface area contributed by atoms with Crippen LogP contribution in [0.1, 0.15) is 17.0 Å². The maximum absolute atomic E-state index is 12.5. The van der Waals surface area contributed by atoms with Gasteiger partial charge < -0.3 is 4.74 Å². The van der Waals surface area contributed by atoms with Crippen molar-refractivity contribution in [1.82, 2.24) is 4.90 Å². The maximum Gasteiger partial charge on any atom is 0.410 e. The van der Waals surface area contributed by atoms with Crippen LogP contribution in [0.2, 0.25) is 0 Å². The molecule has 0 radical (unpaired) electrons. The van der Waals surface area contributed by atoms with Crippen molar-refractivity contribution in [2.75, 3.05) is 26.4 Å². The van der Waals surface area contributed by atoms with Gasteiger partial charge in [0.15, 0.2) is 0 Å². The van der Waals surface area contributed by atoms with Gasteiger partial charge in [0.05, 0.1) is 13.1 Å². The molecule has 0 aromatic heterocycles. The van der Waals surface area contributed by atoms with Crippen LogP contribution in [0.4, 0.5) is 9.18 Å². The smallest absolute Gasteiger partial charge is 0.410 e. The summed E-state index contributed by atoms with van der Waals surface area (Å²) in [7, 11) is 0. The standard InChI is InChI=1S/C20H18FNO2/c1-2-12-22(13-11-21)20(23)24-14-19-17-9-5-3-7-15(17)16-8-4-6-10-18(16)19/h1,3-10,19H,11-14H2. The highest BCUT2D eigenvalue weighted by molar-refractivity contribution is 5.79. The van der Waals surface area contributed by atoms with Gasteiger partial charge in [-0.2, -0.15) is 0 Å². The summed E-state index contributed by atoms with van der Waals surface area (Å²) < 4.78 is 18.0. The van der Waals surface area contributed by atoms with E-state index in [-0.39, 0.29) is 25.6 Å². The van der Waals surface area contributed by atoms with Gasteiger partial charge in [0.25, 0.3) is 0 Å². The minimum Gasteiger partial charge on any atom is -0.448 e. The zero-order chi connectivity index (χ0) is 16.9. The van der Waals surface area contributed by atoms with Crippen LogP contribution in [0.15, 0.2) is 48.5 Å². The van der Waals surface area contributed by atoms with Crippen molar-refractivity contribution >= 4 is 6.09 Å². The first-order valence-corrected chi connectivity index (χ1v) is 7.85. The van der Waals surface area contributed by atoms with Crippen LogP contribution in [-0.2, 0) is 4.74 Å². The Morgan fingerprint density at radius 3 is 2.25 bits per heavy atom. The fourth-order valence-electron chi connectivity index (χ4n) is 3.13. The minimum absolute atomic E-state index is 0.0144. The molecule has 3 rings (SSSR count). The fraction of sp³-hybridized carbons (Fsp3) is 0.250. The highest BCUT2D eigenvalue weighted by atomic mass is 19.1. The van der Waals surface area contributed by atoms with Crippen LogP contribution < -0.4 is 0 Å². The Morgan fingerprint density at radius 2 is 1.71 bits per heavy atom. The molecule has 0 aliphatic heterocycles. The number of halogens is 1. The van der Waals surface area contributed by atoms with Gasteiger partial charge in [0.1, 0.15) is 13.3 Å². The van der Waals surface area contributed by atoms with Crippen molar-refractivity contribution in [2.24, 2.45) is 0 Å². The molecule has 1 aliphatic rings. The van der Waals surface area contributed by atoms with Gasteiger partial charge in [0, 0.05) is 5.92 Å². The minimum atomic E-state index is -0.647. The van der Waals surface area contributed by atoms with E-state index in [4.69, 9.17) is 11.2 Å². The molecule has 3 nitrogen and oxygen atoms in total. The number of amides is 1. The molecule has 0 bridgehead atoms. The Kier molecular flexibility index (Phi) is 4.81. The van der Waals surface area contributed by atoms with Crippen LogP contribution in [0, 0.1) is 12.3 Å². The lowest BCUT2D eigenvalue weighted by Gasteiger charge is -2.20. The number of terminal acetylenes is 1. The van der Waals surface area contributed by atoms with E-state index < -0.39 is 12.8 Å². The molecular formula is C20H18FNO2. The quantitative estimate of drug-likeness (QED) is 0.783. The normalized spacial score (nSPS) is 12.2. The van der Waals surface area contributed by atoms with Gasteiger partial charge in [-0.3, -0.25) is 4.90 Å². The van der Waals surface area contributed by atoms with E-state index in [1.165, 1.54) is 16.0 Å². The van der Waals surface area contributed by atoms with Crippen LogP contribution in [0.5, 0.6) is 0 Å². The Hall–Kier alpha value is -2.80. The predicted octanol–water partition coefficient (Wildman–Crippen LogP) is 3.84. The van der Waals surface area contributed by atoms with Crippen molar-refractivity contribution in [3.05, 3.63) is 59.7 Å². The fourth-order valence-corrected chi connectivity index (χ4v) is 3.13. The van der Waals surface area contributed by atoms with Crippen LogP contribution in [0.3, 0.4) is 0 Å². The van der Waals surface area contributed by atoms with E-state index in [0.717, 1.165) is 11.1 Å².